The average molecular weight is 729 g/mol. The lowest BCUT2D eigenvalue weighted by Gasteiger charge is -2.11. The molecule has 6 heteroatoms. The van der Waals surface area contributed by atoms with Gasteiger partial charge >= 0.3 is 11.9 Å². The zero-order chi connectivity index (χ0) is 38.3. The van der Waals surface area contributed by atoms with E-state index in [2.05, 4.69) is 133 Å². The van der Waals surface area contributed by atoms with E-state index in [0.717, 1.165) is 67.5 Å². The molecule has 6 aromatic rings. The molecule has 0 spiro atoms. The first-order chi connectivity index (χ1) is 26.9. The quantitative estimate of drug-likeness (QED) is 0.0512. The Labute approximate surface area is 323 Å². The number of unbranched alkanes of at least 4 members (excludes halogenated alkanes) is 5. The van der Waals surface area contributed by atoms with Crippen LogP contribution < -0.4 is 0 Å². The van der Waals surface area contributed by atoms with Gasteiger partial charge in [-0.1, -0.05) is 165 Å². The monoisotopic (exact) mass is 728 g/mol. The number of fused-ring (bicyclic) bond motifs is 6. The number of hydrogen-bond acceptors (Lipinski definition) is 6. The van der Waals surface area contributed by atoms with Crippen molar-refractivity contribution < 1.29 is 19.3 Å². The molecule has 6 nitrogen and oxygen atoms in total. The van der Waals surface area contributed by atoms with Crippen molar-refractivity contribution in [1.82, 2.24) is 0 Å². The van der Waals surface area contributed by atoms with Crippen LogP contribution in [0.2, 0.25) is 0 Å². The summed E-state index contributed by atoms with van der Waals surface area (Å²) < 4.78 is 0. The lowest BCUT2D eigenvalue weighted by molar-refractivity contribution is -0.141. The van der Waals surface area contributed by atoms with Crippen LogP contribution in [0.5, 0.6) is 0 Å². The van der Waals surface area contributed by atoms with Gasteiger partial charge in [-0.25, -0.2) is 9.59 Å². The minimum Gasteiger partial charge on any atom is -0.318 e. The van der Waals surface area contributed by atoms with Crippen LogP contribution in [0.25, 0.3) is 66.1 Å². The first kappa shape index (κ1) is 37.4. The Morgan fingerprint density at radius 2 is 0.800 bits per heavy atom. The third kappa shape index (κ3) is 7.72. The van der Waals surface area contributed by atoms with E-state index in [9.17, 15) is 9.59 Å². The van der Waals surface area contributed by atoms with Crippen LogP contribution in [-0.4, -0.2) is 23.4 Å². The Morgan fingerprint density at radius 3 is 1.20 bits per heavy atom. The van der Waals surface area contributed by atoms with Crippen molar-refractivity contribution in [2.24, 2.45) is 10.3 Å². The SMILES string of the molecule is CCCCC/C(=N/OC(C)=O)c1ccc2c3c(cccc13)-c1ccccc1-2.CCCCCC/C(=N/OC(C)=O)c1ccc2c3c(cccc13)-c1ccccc1-2. The van der Waals surface area contributed by atoms with E-state index >= 15 is 0 Å². The molecule has 0 atom stereocenters. The average Bonchev–Trinajstić information content (AvgIpc) is 3.71. The van der Waals surface area contributed by atoms with Crippen LogP contribution in [0.4, 0.5) is 0 Å². The second kappa shape index (κ2) is 17.1. The predicted octanol–water partition coefficient (Wildman–Crippen LogP) is 13.1. The molecule has 0 radical (unpaired) electrons. The Kier molecular flexibility index (Phi) is 11.6. The van der Waals surface area contributed by atoms with Gasteiger partial charge in [0.05, 0.1) is 11.4 Å². The zero-order valence-corrected chi connectivity index (χ0v) is 32.3. The van der Waals surface area contributed by atoms with E-state index in [1.807, 2.05) is 0 Å². The summed E-state index contributed by atoms with van der Waals surface area (Å²) in [7, 11) is 0. The topological polar surface area (TPSA) is 77.3 Å². The highest BCUT2D eigenvalue weighted by Crippen LogP contribution is 2.49. The molecule has 2 aliphatic carbocycles. The van der Waals surface area contributed by atoms with Crippen molar-refractivity contribution in [3.63, 3.8) is 0 Å². The summed E-state index contributed by atoms with van der Waals surface area (Å²) in [6.45, 7) is 7.16. The first-order valence-electron chi connectivity index (χ1n) is 19.7. The van der Waals surface area contributed by atoms with Crippen molar-refractivity contribution in [1.29, 1.82) is 0 Å². The summed E-state index contributed by atoms with van der Waals surface area (Å²) in [5.74, 6) is -0.772. The minimum atomic E-state index is -0.388. The highest BCUT2D eigenvalue weighted by atomic mass is 16.7. The largest absolute Gasteiger partial charge is 0.331 e. The van der Waals surface area contributed by atoms with Crippen LogP contribution in [-0.2, 0) is 19.3 Å². The summed E-state index contributed by atoms with van der Waals surface area (Å²) >= 11 is 0. The lowest BCUT2D eigenvalue weighted by Crippen LogP contribution is -2.05. The summed E-state index contributed by atoms with van der Waals surface area (Å²) in [6.07, 6.45) is 9.49. The van der Waals surface area contributed by atoms with E-state index < -0.39 is 0 Å². The Morgan fingerprint density at radius 1 is 0.436 bits per heavy atom. The van der Waals surface area contributed by atoms with Gasteiger partial charge in [0, 0.05) is 25.0 Å². The molecule has 0 N–H and O–H groups in total. The normalized spacial score (nSPS) is 12.3. The minimum absolute atomic E-state index is 0.385. The highest BCUT2D eigenvalue weighted by Gasteiger charge is 2.24. The molecular weight excluding hydrogens is 681 g/mol. The second-order valence-electron chi connectivity index (χ2n) is 14.4. The summed E-state index contributed by atoms with van der Waals surface area (Å²) in [4.78, 5) is 32.7. The number of carbonyl (C=O) groups is 2. The number of nitrogens with zero attached hydrogens (tertiary/aromatic N) is 2. The predicted molar refractivity (Wildman–Crippen MR) is 226 cm³/mol. The van der Waals surface area contributed by atoms with Gasteiger partial charge in [0.2, 0.25) is 0 Å². The molecular formula is C49H48N2O4. The molecule has 0 bridgehead atoms. The Bertz CT molecular complexity index is 2400. The van der Waals surface area contributed by atoms with E-state index in [-0.39, 0.29) is 11.9 Å². The molecule has 0 aromatic heterocycles. The van der Waals surface area contributed by atoms with Crippen molar-refractivity contribution in [3.05, 3.63) is 120 Å². The smallest absolute Gasteiger partial charge is 0.318 e. The maximum absolute atomic E-state index is 11.4. The molecule has 0 heterocycles. The molecule has 2 aliphatic rings. The molecule has 0 aliphatic heterocycles. The molecule has 0 unspecified atom stereocenters. The fraction of sp³-hybridized carbons (Fsp3) is 0.265. The van der Waals surface area contributed by atoms with Crippen LogP contribution in [0.3, 0.4) is 0 Å². The molecule has 55 heavy (non-hydrogen) atoms. The van der Waals surface area contributed by atoms with Gasteiger partial charge < -0.3 is 9.68 Å². The second-order valence-corrected chi connectivity index (χ2v) is 14.4. The first-order valence-corrected chi connectivity index (χ1v) is 19.7. The van der Waals surface area contributed by atoms with Gasteiger partial charge in [0.1, 0.15) is 0 Å². The standard InChI is InChI=1S/C25H25NO2.C24H23NO2/c1-3-4-5-6-14-24(26-28-17(2)27)20-15-16-23-19-11-8-7-10-18(19)21-12-9-13-22(20)25(21)23;1-3-4-5-13-23(25-27-16(2)26)19-14-15-22-18-10-7-6-9-17(18)20-11-8-12-21(19)24(20)22/h7-13,15-16H,3-6,14H2,1-2H3;6-12,14-15H,3-5,13H2,1-2H3/b26-24-;25-23-. The Hall–Kier alpha value is -5.88. The maximum atomic E-state index is 11.4. The van der Waals surface area contributed by atoms with Gasteiger partial charge in [0.15, 0.2) is 0 Å². The highest BCUT2D eigenvalue weighted by molar-refractivity contribution is 6.22. The molecule has 0 amide bonds. The van der Waals surface area contributed by atoms with Gasteiger partial charge in [-0.3, -0.25) is 0 Å². The van der Waals surface area contributed by atoms with E-state index in [1.54, 1.807) is 0 Å². The summed E-state index contributed by atoms with van der Waals surface area (Å²) in [6, 6.07) is 38.6. The van der Waals surface area contributed by atoms with Crippen LogP contribution in [0, 0.1) is 0 Å². The van der Waals surface area contributed by atoms with Crippen molar-refractivity contribution in [2.45, 2.75) is 85.5 Å². The van der Waals surface area contributed by atoms with Gasteiger partial charge in [-0.2, -0.15) is 0 Å². The van der Waals surface area contributed by atoms with Gasteiger partial charge in [-0.15, -0.1) is 0 Å². The fourth-order valence-corrected chi connectivity index (χ4v) is 8.08. The molecule has 8 rings (SSSR count). The van der Waals surface area contributed by atoms with Crippen LogP contribution in [0.15, 0.2) is 120 Å². The fourth-order valence-electron chi connectivity index (χ4n) is 8.08. The van der Waals surface area contributed by atoms with Gasteiger partial charge in [-0.05, 0) is 91.7 Å². The van der Waals surface area contributed by atoms with E-state index in [0.29, 0.717) is 0 Å². The van der Waals surface area contributed by atoms with Crippen LogP contribution in [0.1, 0.15) is 96.6 Å². The van der Waals surface area contributed by atoms with Crippen molar-refractivity contribution in [3.8, 4) is 44.5 Å². The number of hydrogen-bond donors (Lipinski definition) is 0. The lowest BCUT2D eigenvalue weighted by atomic mass is 9.94. The van der Waals surface area contributed by atoms with E-state index in [4.69, 9.17) is 9.68 Å². The van der Waals surface area contributed by atoms with Crippen molar-refractivity contribution in [2.75, 3.05) is 0 Å². The van der Waals surface area contributed by atoms with Gasteiger partial charge in [0.25, 0.3) is 0 Å². The van der Waals surface area contributed by atoms with Crippen LogP contribution >= 0.6 is 0 Å². The summed E-state index contributed by atoms with van der Waals surface area (Å²) in [5, 5.41) is 13.3. The third-order valence-corrected chi connectivity index (χ3v) is 10.6. The number of benzene rings is 6. The Balaban J connectivity index is 0.000000169. The number of carbonyl (C=O) groups excluding carboxylic acids is 2. The number of rotatable bonds is 13. The number of oxime groups is 2. The zero-order valence-electron chi connectivity index (χ0n) is 32.3. The van der Waals surface area contributed by atoms with Crippen molar-refractivity contribution >= 4 is 44.9 Å². The molecule has 278 valence electrons. The summed E-state index contributed by atoms with van der Waals surface area (Å²) in [5.41, 5.74) is 14.0. The molecule has 6 aromatic carbocycles. The molecule has 0 saturated heterocycles. The third-order valence-electron chi connectivity index (χ3n) is 10.6. The van der Waals surface area contributed by atoms with E-state index in [1.165, 1.54) is 92.7 Å². The molecule has 0 fully saturated rings. The molecule has 0 saturated carbocycles. The maximum Gasteiger partial charge on any atom is 0.331 e.